The standard InChI is InChI=1S/C17H22N2O2/c1-4-6-10-19(5-2)17(20)15-12-16(21-18-15)14-9-7-8-13(3)11-14/h7-9,11-12H,4-6,10H2,1-3H3. The highest BCUT2D eigenvalue weighted by Gasteiger charge is 2.18. The van der Waals surface area contributed by atoms with Crippen LogP contribution in [0.3, 0.4) is 0 Å². The summed E-state index contributed by atoms with van der Waals surface area (Å²) < 4.78 is 5.33. The van der Waals surface area contributed by atoms with Crippen LogP contribution in [0.15, 0.2) is 34.9 Å². The second-order valence-corrected chi connectivity index (χ2v) is 5.18. The van der Waals surface area contributed by atoms with Gasteiger partial charge in [-0.3, -0.25) is 4.79 Å². The summed E-state index contributed by atoms with van der Waals surface area (Å²) >= 11 is 0. The number of aryl methyl sites for hydroxylation is 1. The number of amides is 1. The Kier molecular flexibility index (Phi) is 5.14. The van der Waals surface area contributed by atoms with E-state index in [9.17, 15) is 4.79 Å². The van der Waals surface area contributed by atoms with Crippen molar-refractivity contribution in [2.45, 2.75) is 33.6 Å². The molecule has 4 nitrogen and oxygen atoms in total. The smallest absolute Gasteiger partial charge is 0.276 e. The molecule has 2 aromatic rings. The van der Waals surface area contributed by atoms with Crippen molar-refractivity contribution >= 4 is 5.91 Å². The molecule has 1 heterocycles. The maximum absolute atomic E-state index is 12.4. The number of rotatable bonds is 6. The van der Waals surface area contributed by atoms with Gasteiger partial charge in [0.25, 0.3) is 5.91 Å². The molecule has 0 N–H and O–H groups in total. The summed E-state index contributed by atoms with van der Waals surface area (Å²) in [7, 11) is 0. The van der Waals surface area contributed by atoms with E-state index in [0.717, 1.165) is 30.5 Å². The minimum Gasteiger partial charge on any atom is -0.355 e. The fourth-order valence-electron chi connectivity index (χ4n) is 2.22. The Bertz CT molecular complexity index is 604. The van der Waals surface area contributed by atoms with Gasteiger partial charge < -0.3 is 9.42 Å². The van der Waals surface area contributed by atoms with E-state index in [4.69, 9.17) is 4.52 Å². The molecule has 2 rings (SSSR count). The second kappa shape index (κ2) is 7.07. The summed E-state index contributed by atoms with van der Waals surface area (Å²) in [6.07, 6.45) is 2.07. The second-order valence-electron chi connectivity index (χ2n) is 5.18. The third kappa shape index (κ3) is 3.72. The third-order valence-corrected chi connectivity index (χ3v) is 3.48. The minimum atomic E-state index is -0.0615. The summed E-state index contributed by atoms with van der Waals surface area (Å²) in [5.41, 5.74) is 2.47. The monoisotopic (exact) mass is 286 g/mol. The van der Waals surface area contributed by atoms with Gasteiger partial charge in [-0.05, 0) is 26.3 Å². The van der Waals surface area contributed by atoms with E-state index in [1.807, 2.05) is 38.1 Å². The molecule has 0 radical (unpaired) electrons. The van der Waals surface area contributed by atoms with Gasteiger partial charge in [-0.25, -0.2) is 0 Å². The lowest BCUT2D eigenvalue weighted by Crippen LogP contribution is -2.31. The van der Waals surface area contributed by atoms with E-state index >= 15 is 0 Å². The largest absolute Gasteiger partial charge is 0.355 e. The normalized spacial score (nSPS) is 10.6. The number of unbranched alkanes of at least 4 members (excludes halogenated alkanes) is 1. The Morgan fingerprint density at radius 2 is 2.10 bits per heavy atom. The van der Waals surface area contributed by atoms with Crippen molar-refractivity contribution in [1.29, 1.82) is 0 Å². The van der Waals surface area contributed by atoms with Crippen LogP contribution in [0.5, 0.6) is 0 Å². The van der Waals surface area contributed by atoms with Crippen LogP contribution in [-0.4, -0.2) is 29.1 Å². The molecule has 1 aromatic carbocycles. The lowest BCUT2D eigenvalue weighted by atomic mass is 10.1. The molecule has 0 aliphatic carbocycles. The summed E-state index contributed by atoms with van der Waals surface area (Å²) in [5, 5.41) is 3.93. The Morgan fingerprint density at radius 1 is 1.29 bits per heavy atom. The predicted octanol–water partition coefficient (Wildman–Crippen LogP) is 3.91. The lowest BCUT2D eigenvalue weighted by molar-refractivity contribution is 0.0752. The van der Waals surface area contributed by atoms with Gasteiger partial charge in [-0.15, -0.1) is 0 Å². The summed E-state index contributed by atoms with van der Waals surface area (Å²) in [6, 6.07) is 9.69. The highest BCUT2D eigenvalue weighted by molar-refractivity contribution is 5.93. The molecule has 0 spiro atoms. The molecule has 4 heteroatoms. The number of hydrogen-bond donors (Lipinski definition) is 0. The van der Waals surface area contributed by atoms with Crippen molar-refractivity contribution in [3.63, 3.8) is 0 Å². The molecule has 0 saturated carbocycles. The van der Waals surface area contributed by atoms with E-state index in [1.54, 1.807) is 11.0 Å². The predicted molar refractivity (Wildman–Crippen MR) is 83.2 cm³/mol. The van der Waals surface area contributed by atoms with Crippen molar-refractivity contribution < 1.29 is 9.32 Å². The molecular formula is C17H22N2O2. The fourth-order valence-corrected chi connectivity index (χ4v) is 2.22. The molecule has 1 amide bonds. The molecule has 0 atom stereocenters. The van der Waals surface area contributed by atoms with Crippen molar-refractivity contribution in [3.05, 3.63) is 41.6 Å². The van der Waals surface area contributed by atoms with E-state index < -0.39 is 0 Å². The average molecular weight is 286 g/mol. The van der Waals surface area contributed by atoms with Gasteiger partial charge in [-0.2, -0.15) is 0 Å². The number of carbonyl (C=O) groups excluding carboxylic acids is 1. The van der Waals surface area contributed by atoms with Crippen LogP contribution in [-0.2, 0) is 0 Å². The van der Waals surface area contributed by atoms with Crippen LogP contribution in [0, 0.1) is 6.92 Å². The maximum atomic E-state index is 12.4. The number of aromatic nitrogens is 1. The Balaban J connectivity index is 2.17. The first-order chi connectivity index (χ1) is 10.2. The number of benzene rings is 1. The van der Waals surface area contributed by atoms with E-state index in [1.165, 1.54) is 0 Å². The molecule has 0 fully saturated rings. The number of carbonyl (C=O) groups is 1. The van der Waals surface area contributed by atoms with Crippen LogP contribution in [0.4, 0.5) is 0 Å². The quantitative estimate of drug-likeness (QED) is 0.808. The van der Waals surface area contributed by atoms with Gasteiger partial charge in [0.05, 0.1) is 0 Å². The zero-order chi connectivity index (χ0) is 15.2. The molecule has 0 aliphatic heterocycles. The molecule has 0 saturated heterocycles. The zero-order valence-electron chi connectivity index (χ0n) is 12.9. The fraction of sp³-hybridized carbons (Fsp3) is 0.412. The number of hydrogen-bond acceptors (Lipinski definition) is 3. The van der Waals surface area contributed by atoms with Crippen LogP contribution < -0.4 is 0 Å². The van der Waals surface area contributed by atoms with E-state index in [2.05, 4.69) is 12.1 Å². The van der Waals surface area contributed by atoms with Crippen LogP contribution >= 0.6 is 0 Å². The van der Waals surface area contributed by atoms with Crippen LogP contribution in [0.2, 0.25) is 0 Å². The first-order valence-electron chi connectivity index (χ1n) is 7.48. The first-order valence-corrected chi connectivity index (χ1v) is 7.48. The molecule has 0 unspecified atom stereocenters. The van der Waals surface area contributed by atoms with Crippen molar-refractivity contribution in [3.8, 4) is 11.3 Å². The topological polar surface area (TPSA) is 46.3 Å². The first kappa shape index (κ1) is 15.3. The number of nitrogens with zero attached hydrogens (tertiary/aromatic N) is 2. The Morgan fingerprint density at radius 3 is 2.76 bits per heavy atom. The van der Waals surface area contributed by atoms with Gasteiger partial charge in [0.15, 0.2) is 11.5 Å². The molecule has 0 bridgehead atoms. The average Bonchev–Trinajstić information content (AvgIpc) is 2.97. The molecule has 21 heavy (non-hydrogen) atoms. The van der Waals surface area contributed by atoms with Crippen molar-refractivity contribution in [2.24, 2.45) is 0 Å². The lowest BCUT2D eigenvalue weighted by Gasteiger charge is -2.18. The molecule has 0 aliphatic rings. The molecular weight excluding hydrogens is 264 g/mol. The van der Waals surface area contributed by atoms with Gasteiger partial charge in [0.1, 0.15) is 0 Å². The van der Waals surface area contributed by atoms with Gasteiger partial charge >= 0.3 is 0 Å². The van der Waals surface area contributed by atoms with Gasteiger partial charge in [-0.1, -0.05) is 42.3 Å². The summed E-state index contributed by atoms with van der Waals surface area (Å²) in [5.74, 6) is 0.571. The summed E-state index contributed by atoms with van der Waals surface area (Å²) in [4.78, 5) is 14.2. The minimum absolute atomic E-state index is 0.0615. The third-order valence-electron chi connectivity index (χ3n) is 3.48. The van der Waals surface area contributed by atoms with Gasteiger partial charge in [0, 0.05) is 24.7 Å². The summed E-state index contributed by atoms with van der Waals surface area (Å²) in [6.45, 7) is 7.57. The van der Waals surface area contributed by atoms with Crippen LogP contribution in [0.25, 0.3) is 11.3 Å². The van der Waals surface area contributed by atoms with E-state index in [-0.39, 0.29) is 5.91 Å². The zero-order valence-corrected chi connectivity index (χ0v) is 12.9. The van der Waals surface area contributed by atoms with Gasteiger partial charge in [0.2, 0.25) is 0 Å². The van der Waals surface area contributed by atoms with Crippen LogP contribution in [0.1, 0.15) is 42.7 Å². The van der Waals surface area contributed by atoms with Crippen molar-refractivity contribution in [1.82, 2.24) is 10.1 Å². The SMILES string of the molecule is CCCCN(CC)C(=O)c1cc(-c2cccc(C)c2)on1. The highest BCUT2D eigenvalue weighted by atomic mass is 16.5. The van der Waals surface area contributed by atoms with Crippen molar-refractivity contribution in [2.75, 3.05) is 13.1 Å². The molecule has 112 valence electrons. The maximum Gasteiger partial charge on any atom is 0.276 e. The Labute approximate surface area is 125 Å². The highest BCUT2D eigenvalue weighted by Crippen LogP contribution is 2.21. The molecule has 1 aromatic heterocycles. The Hall–Kier alpha value is -2.10. The van der Waals surface area contributed by atoms with E-state index in [0.29, 0.717) is 18.0 Å².